The molecule has 0 atom stereocenters. The number of nitrogens with one attached hydrogen (secondary N) is 1. The normalized spacial score (nSPS) is 11.0. The molecule has 0 radical (unpaired) electrons. The number of nitro benzene ring substituents is 1. The molecule has 18 heavy (non-hydrogen) atoms. The number of hydrogen-bond acceptors (Lipinski definition) is 5. The van der Waals surface area contributed by atoms with E-state index in [0.29, 0.717) is 6.42 Å². The minimum atomic E-state index is -3.51. The van der Waals surface area contributed by atoms with Gasteiger partial charge >= 0.3 is 0 Å². The number of rotatable bonds is 6. The monoisotopic (exact) mass is 274 g/mol. The molecule has 0 fully saturated rings. The third-order valence-electron chi connectivity index (χ3n) is 2.13. The van der Waals surface area contributed by atoms with E-state index in [4.69, 9.17) is 4.74 Å². The number of nitro groups is 1. The summed E-state index contributed by atoms with van der Waals surface area (Å²) in [7, 11) is -2.15. The Bertz CT molecular complexity index is 541. The van der Waals surface area contributed by atoms with Crippen LogP contribution in [-0.4, -0.2) is 26.2 Å². The number of ether oxygens (including phenoxy) is 1. The molecule has 0 saturated heterocycles. The quantitative estimate of drug-likeness (QED) is 0.629. The lowest BCUT2D eigenvalue weighted by molar-refractivity contribution is -0.384. The van der Waals surface area contributed by atoms with Crippen molar-refractivity contribution >= 4 is 21.4 Å². The van der Waals surface area contributed by atoms with E-state index >= 15 is 0 Å². The van der Waals surface area contributed by atoms with Crippen LogP contribution < -0.4 is 9.46 Å². The Morgan fingerprint density at radius 2 is 2.11 bits per heavy atom. The first kappa shape index (κ1) is 14.2. The van der Waals surface area contributed by atoms with Gasteiger partial charge in [0, 0.05) is 12.1 Å². The Kier molecular flexibility index (Phi) is 4.49. The second kappa shape index (κ2) is 5.67. The van der Waals surface area contributed by atoms with Crippen molar-refractivity contribution in [1.82, 2.24) is 0 Å². The molecule has 0 aliphatic heterocycles. The number of benzene rings is 1. The number of anilines is 1. The molecule has 8 heteroatoms. The molecule has 1 rings (SSSR count). The molecule has 7 nitrogen and oxygen atoms in total. The van der Waals surface area contributed by atoms with E-state index in [0.717, 1.165) is 6.07 Å². The van der Waals surface area contributed by atoms with Gasteiger partial charge in [0.1, 0.15) is 5.75 Å². The van der Waals surface area contributed by atoms with E-state index in [-0.39, 0.29) is 22.9 Å². The van der Waals surface area contributed by atoms with Gasteiger partial charge in [-0.3, -0.25) is 14.8 Å². The predicted octanol–water partition coefficient (Wildman–Crippen LogP) is 1.76. The zero-order chi connectivity index (χ0) is 13.8. The van der Waals surface area contributed by atoms with Crippen molar-refractivity contribution < 1.29 is 18.1 Å². The molecule has 0 amide bonds. The van der Waals surface area contributed by atoms with Gasteiger partial charge in [-0.15, -0.1) is 0 Å². The van der Waals surface area contributed by atoms with Gasteiger partial charge < -0.3 is 4.74 Å². The Labute approximate surface area is 105 Å². The minimum Gasteiger partial charge on any atom is -0.495 e. The van der Waals surface area contributed by atoms with Crippen LogP contribution >= 0.6 is 0 Å². The standard InChI is InChI=1S/C10H14N2O5S/c1-3-6-18(15,16)11-9-7-8(12(13)14)4-5-10(9)17-2/h4-5,7,11H,3,6H2,1-2H3. The van der Waals surface area contributed by atoms with Crippen LogP contribution in [0, 0.1) is 10.1 Å². The molecule has 100 valence electrons. The molecular weight excluding hydrogens is 260 g/mol. The van der Waals surface area contributed by atoms with Crippen LogP contribution in [0.3, 0.4) is 0 Å². The highest BCUT2D eigenvalue weighted by Gasteiger charge is 2.16. The average molecular weight is 274 g/mol. The molecule has 0 spiro atoms. The Morgan fingerprint density at radius 1 is 1.44 bits per heavy atom. The molecule has 1 aromatic rings. The summed E-state index contributed by atoms with van der Waals surface area (Å²) < 4.78 is 30.5. The summed E-state index contributed by atoms with van der Waals surface area (Å²) in [5.41, 5.74) is -0.134. The van der Waals surface area contributed by atoms with Gasteiger partial charge in [0.2, 0.25) is 10.0 Å². The van der Waals surface area contributed by atoms with Crippen molar-refractivity contribution in [1.29, 1.82) is 0 Å². The summed E-state index contributed by atoms with van der Waals surface area (Å²) in [5.74, 6) is 0.180. The van der Waals surface area contributed by atoms with Gasteiger partial charge in [0.25, 0.3) is 5.69 Å². The lowest BCUT2D eigenvalue weighted by Crippen LogP contribution is -2.16. The summed E-state index contributed by atoms with van der Waals surface area (Å²) in [5, 5.41) is 10.6. The summed E-state index contributed by atoms with van der Waals surface area (Å²) in [6.45, 7) is 1.73. The zero-order valence-electron chi connectivity index (χ0n) is 10.0. The van der Waals surface area contributed by atoms with Crippen LogP contribution in [0.25, 0.3) is 0 Å². The fourth-order valence-electron chi connectivity index (χ4n) is 1.38. The number of hydrogen-bond donors (Lipinski definition) is 1. The van der Waals surface area contributed by atoms with Crippen molar-refractivity contribution in [3.8, 4) is 5.75 Å². The van der Waals surface area contributed by atoms with E-state index in [1.165, 1.54) is 19.2 Å². The highest BCUT2D eigenvalue weighted by atomic mass is 32.2. The maximum atomic E-state index is 11.6. The van der Waals surface area contributed by atoms with E-state index in [1.54, 1.807) is 6.92 Å². The maximum absolute atomic E-state index is 11.6. The van der Waals surface area contributed by atoms with Crippen LogP contribution in [0.5, 0.6) is 5.75 Å². The van der Waals surface area contributed by atoms with Crippen molar-refractivity contribution in [3.63, 3.8) is 0 Å². The molecule has 0 unspecified atom stereocenters. The smallest absolute Gasteiger partial charge is 0.271 e. The van der Waals surface area contributed by atoms with Gasteiger partial charge in [0.15, 0.2) is 0 Å². The van der Waals surface area contributed by atoms with Crippen molar-refractivity contribution in [2.75, 3.05) is 17.6 Å². The second-order valence-electron chi connectivity index (χ2n) is 3.56. The topological polar surface area (TPSA) is 98.5 Å². The van der Waals surface area contributed by atoms with E-state index in [9.17, 15) is 18.5 Å². The molecule has 0 aliphatic rings. The van der Waals surface area contributed by atoms with Crippen molar-refractivity contribution in [2.24, 2.45) is 0 Å². The first-order valence-corrected chi connectivity index (χ1v) is 6.87. The number of sulfonamides is 1. The predicted molar refractivity (Wildman–Crippen MR) is 67.3 cm³/mol. The third kappa shape index (κ3) is 3.59. The number of nitrogens with zero attached hydrogens (tertiary/aromatic N) is 1. The minimum absolute atomic E-state index is 0.0567. The van der Waals surface area contributed by atoms with Crippen LogP contribution in [0.2, 0.25) is 0 Å². The molecule has 0 heterocycles. The lowest BCUT2D eigenvalue weighted by atomic mass is 10.2. The molecule has 0 bridgehead atoms. The van der Waals surface area contributed by atoms with E-state index in [1.807, 2.05) is 0 Å². The Balaban J connectivity index is 3.13. The molecule has 0 aliphatic carbocycles. The molecule has 1 N–H and O–H groups in total. The summed E-state index contributed by atoms with van der Waals surface area (Å²) in [4.78, 5) is 10.0. The van der Waals surface area contributed by atoms with Crippen molar-refractivity contribution in [2.45, 2.75) is 13.3 Å². The lowest BCUT2D eigenvalue weighted by Gasteiger charge is -2.10. The maximum Gasteiger partial charge on any atom is 0.271 e. The summed E-state index contributed by atoms with van der Waals surface area (Å²) in [6.07, 6.45) is 0.451. The van der Waals surface area contributed by atoms with E-state index in [2.05, 4.69) is 4.72 Å². The average Bonchev–Trinajstić information content (AvgIpc) is 2.28. The highest BCUT2D eigenvalue weighted by molar-refractivity contribution is 7.92. The summed E-state index contributed by atoms with van der Waals surface area (Å²) >= 11 is 0. The van der Waals surface area contributed by atoms with Gasteiger partial charge in [-0.1, -0.05) is 6.92 Å². The molecule has 0 saturated carbocycles. The largest absolute Gasteiger partial charge is 0.495 e. The van der Waals surface area contributed by atoms with Crippen LogP contribution in [0.15, 0.2) is 18.2 Å². The van der Waals surface area contributed by atoms with Crippen LogP contribution in [0.1, 0.15) is 13.3 Å². The molecule has 1 aromatic carbocycles. The summed E-state index contributed by atoms with van der Waals surface area (Å²) in [6, 6.07) is 3.73. The van der Waals surface area contributed by atoms with Gasteiger partial charge in [0.05, 0.1) is 23.5 Å². The van der Waals surface area contributed by atoms with Gasteiger partial charge in [-0.25, -0.2) is 8.42 Å². The van der Waals surface area contributed by atoms with Crippen LogP contribution in [-0.2, 0) is 10.0 Å². The second-order valence-corrected chi connectivity index (χ2v) is 5.40. The number of methoxy groups -OCH3 is 1. The van der Waals surface area contributed by atoms with E-state index < -0.39 is 14.9 Å². The van der Waals surface area contributed by atoms with Crippen molar-refractivity contribution in [3.05, 3.63) is 28.3 Å². The Hall–Kier alpha value is -1.83. The SMILES string of the molecule is CCCS(=O)(=O)Nc1cc([N+](=O)[O-])ccc1OC. The first-order chi connectivity index (χ1) is 8.39. The zero-order valence-corrected chi connectivity index (χ0v) is 10.9. The van der Waals surface area contributed by atoms with Crippen LogP contribution in [0.4, 0.5) is 11.4 Å². The Morgan fingerprint density at radius 3 is 2.61 bits per heavy atom. The molecule has 0 aromatic heterocycles. The fourth-order valence-corrected chi connectivity index (χ4v) is 2.51. The molecular formula is C10H14N2O5S. The first-order valence-electron chi connectivity index (χ1n) is 5.22. The fraction of sp³-hybridized carbons (Fsp3) is 0.400. The number of non-ortho nitro benzene ring substituents is 1. The van der Waals surface area contributed by atoms with Gasteiger partial charge in [-0.05, 0) is 12.5 Å². The third-order valence-corrected chi connectivity index (χ3v) is 3.61. The highest BCUT2D eigenvalue weighted by Crippen LogP contribution is 2.29. The van der Waals surface area contributed by atoms with Gasteiger partial charge in [-0.2, -0.15) is 0 Å².